The van der Waals surface area contributed by atoms with Crippen LogP contribution in [0.4, 0.5) is 17.3 Å². The molecule has 0 unspecified atom stereocenters. The first kappa shape index (κ1) is 19.1. The second-order valence-corrected chi connectivity index (χ2v) is 6.28. The first-order valence-corrected chi connectivity index (χ1v) is 8.84. The van der Waals surface area contributed by atoms with Gasteiger partial charge >= 0.3 is 0 Å². The number of carbonyl (C=O) groups is 3. The molecule has 1 aromatic heterocycles. The second kappa shape index (κ2) is 7.91. The molecular weight excluding hydrogens is 358 g/mol. The molecule has 3 amide bonds. The van der Waals surface area contributed by atoms with Crippen LogP contribution in [0.25, 0.3) is 11.0 Å². The van der Waals surface area contributed by atoms with E-state index in [1.165, 1.54) is 13.8 Å². The number of amides is 3. The minimum Gasteiger partial charge on any atom is -0.326 e. The number of nitrogens with zero attached hydrogens (tertiary/aromatic N) is 2. The average Bonchev–Trinajstić information content (AvgIpc) is 2.97. The Morgan fingerprint density at radius 3 is 2.11 bits per heavy atom. The largest absolute Gasteiger partial charge is 0.326 e. The summed E-state index contributed by atoms with van der Waals surface area (Å²) < 4.78 is 1.90. The van der Waals surface area contributed by atoms with Crippen molar-refractivity contribution in [2.24, 2.45) is 0 Å². The maximum Gasteiger partial charge on any atom is 0.258 e. The van der Waals surface area contributed by atoms with Gasteiger partial charge in [-0.3, -0.25) is 19.7 Å². The number of benzene rings is 2. The summed E-state index contributed by atoms with van der Waals surface area (Å²) in [4.78, 5) is 40.1. The number of rotatable bonds is 5. The number of hydrogen-bond donors (Lipinski definition) is 3. The van der Waals surface area contributed by atoms with Crippen LogP contribution in [-0.2, 0) is 16.1 Å². The molecular formula is C20H21N5O3. The molecule has 8 nitrogen and oxygen atoms in total. The Kier molecular flexibility index (Phi) is 5.39. The smallest absolute Gasteiger partial charge is 0.258 e. The molecule has 0 radical (unpaired) electrons. The molecule has 0 bridgehead atoms. The van der Waals surface area contributed by atoms with Crippen molar-refractivity contribution in [1.29, 1.82) is 0 Å². The van der Waals surface area contributed by atoms with Gasteiger partial charge in [-0.05, 0) is 37.3 Å². The Bertz CT molecular complexity index is 1040. The number of para-hydroxylation sites is 2. The summed E-state index contributed by atoms with van der Waals surface area (Å²) >= 11 is 0. The minimum atomic E-state index is -0.399. The molecule has 0 saturated carbocycles. The Balaban J connectivity index is 1.95. The maximum atomic E-state index is 12.8. The number of imidazole rings is 1. The van der Waals surface area contributed by atoms with Crippen LogP contribution in [0.5, 0.6) is 0 Å². The number of nitrogens with one attached hydrogen (secondary N) is 3. The van der Waals surface area contributed by atoms with E-state index in [4.69, 9.17) is 0 Å². The molecule has 2 aromatic carbocycles. The fraction of sp³-hybridized carbons (Fsp3) is 0.200. The van der Waals surface area contributed by atoms with E-state index >= 15 is 0 Å². The molecule has 0 saturated heterocycles. The van der Waals surface area contributed by atoms with Crippen molar-refractivity contribution in [3.05, 3.63) is 48.0 Å². The lowest BCUT2D eigenvalue weighted by atomic mass is 10.1. The van der Waals surface area contributed by atoms with E-state index < -0.39 is 5.91 Å². The number of hydrogen-bond acceptors (Lipinski definition) is 4. The first-order valence-electron chi connectivity index (χ1n) is 8.84. The highest BCUT2D eigenvalue weighted by Gasteiger charge is 2.15. The SMILES string of the molecule is CCn1c(NC(=O)c2cc(NC(C)=O)cc(NC(C)=O)c2)nc2ccccc21. The minimum absolute atomic E-state index is 0.279. The quantitative estimate of drug-likeness (QED) is 0.633. The van der Waals surface area contributed by atoms with Gasteiger partial charge in [0.05, 0.1) is 11.0 Å². The van der Waals surface area contributed by atoms with Crippen LogP contribution < -0.4 is 16.0 Å². The molecule has 3 aromatic rings. The lowest BCUT2D eigenvalue weighted by Crippen LogP contribution is -2.17. The van der Waals surface area contributed by atoms with Gasteiger partial charge in [0, 0.05) is 37.3 Å². The van der Waals surface area contributed by atoms with Crippen molar-refractivity contribution >= 4 is 46.1 Å². The normalized spacial score (nSPS) is 10.5. The third-order valence-electron chi connectivity index (χ3n) is 4.03. The molecule has 8 heteroatoms. The Morgan fingerprint density at radius 1 is 0.929 bits per heavy atom. The van der Waals surface area contributed by atoms with Crippen LogP contribution in [0.3, 0.4) is 0 Å². The van der Waals surface area contributed by atoms with Gasteiger partial charge in [-0.2, -0.15) is 0 Å². The lowest BCUT2D eigenvalue weighted by molar-refractivity contribution is -0.115. The molecule has 0 atom stereocenters. The molecule has 0 fully saturated rings. The van der Waals surface area contributed by atoms with E-state index in [-0.39, 0.29) is 17.4 Å². The fourth-order valence-corrected chi connectivity index (χ4v) is 2.97. The number of fused-ring (bicyclic) bond motifs is 1. The Hall–Kier alpha value is -3.68. The van der Waals surface area contributed by atoms with Crippen LogP contribution in [0.15, 0.2) is 42.5 Å². The number of aromatic nitrogens is 2. The monoisotopic (exact) mass is 379 g/mol. The predicted octanol–water partition coefficient (Wildman–Crippen LogP) is 3.23. The summed E-state index contributed by atoms with van der Waals surface area (Å²) in [6.45, 7) is 5.35. The molecule has 144 valence electrons. The van der Waals surface area contributed by atoms with E-state index in [0.717, 1.165) is 11.0 Å². The summed E-state index contributed by atoms with van der Waals surface area (Å²) in [6.07, 6.45) is 0. The van der Waals surface area contributed by atoms with Gasteiger partial charge in [0.2, 0.25) is 17.8 Å². The van der Waals surface area contributed by atoms with Crippen LogP contribution in [0.2, 0.25) is 0 Å². The van der Waals surface area contributed by atoms with Gasteiger partial charge in [0.1, 0.15) is 0 Å². The summed E-state index contributed by atoms with van der Waals surface area (Å²) in [5.41, 5.74) is 2.81. The third kappa shape index (κ3) is 4.17. The highest BCUT2D eigenvalue weighted by atomic mass is 16.2. The Labute approximate surface area is 161 Å². The molecule has 0 aliphatic rings. The van der Waals surface area contributed by atoms with Crippen molar-refractivity contribution in [3.8, 4) is 0 Å². The van der Waals surface area contributed by atoms with Gasteiger partial charge < -0.3 is 15.2 Å². The molecule has 3 N–H and O–H groups in total. The van der Waals surface area contributed by atoms with E-state index in [9.17, 15) is 14.4 Å². The molecule has 0 aliphatic heterocycles. The van der Waals surface area contributed by atoms with Crippen LogP contribution in [0, 0.1) is 0 Å². The number of aryl methyl sites for hydroxylation is 1. The summed E-state index contributed by atoms with van der Waals surface area (Å²) in [6, 6.07) is 12.3. The molecule has 0 aliphatic carbocycles. The Morgan fingerprint density at radius 2 is 1.54 bits per heavy atom. The summed E-state index contributed by atoms with van der Waals surface area (Å²) in [7, 11) is 0. The number of anilines is 3. The topological polar surface area (TPSA) is 105 Å². The second-order valence-electron chi connectivity index (χ2n) is 6.28. The summed E-state index contributed by atoms with van der Waals surface area (Å²) in [5, 5.41) is 8.08. The maximum absolute atomic E-state index is 12.8. The highest BCUT2D eigenvalue weighted by molar-refractivity contribution is 6.06. The lowest BCUT2D eigenvalue weighted by Gasteiger charge is -2.11. The van der Waals surface area contributed by atoms with Crippen molar-refractivity contribution in [2.75, 3.05) is 16.0 Å². The molecule has 3 rings (SSSR count). The number of carbonyl (C=O) groups excluding carboxylic acids is 3. The highest BCUT2D eigenvalue weighted by Crippen LogP contribution is 2.23. The van der Waals surface area contributed by atoms with Crippen LogP contribution >= 0.6 is 0 Å². The van der Waals surface area contributed by atoms with Crippen LogP contribution in [-0.4, -0.2) is 27.3 Å². The predicted molar refractivity (Wildman–Crippen MR) is 108 cm³/mol. The fourth-order valence-electron chi connectivity index (χ4n) is 2.97. The van der Waals surface area contributed by atoms with Crippen molar-refractivity contribution in [3.63, 3.8) is 0 Å². The van der Waals surface area contributed by atoms with Crippen molar-refractivity contribution in [1.82, 2.24) is 9.55 Å². The summed E-state index contributed by atoms with van der Waals surface area (Å²) in [5.74, 6) is -0.526. The molecule has 28 heavy (non-hydrogen) atoms. The van der Waals surface area contributed by atoms with E-state index in [0.29, 0.717) is 23.9 Å². The zero-order chi connectivity index (χ0) is 20.3. The van der Waals surface area contributed by atoms with Crippen LogP contribution in [0.1, 0.15) is 31.1 Å². The van der Waals surface area contributed by atoms with Gasteiger partial charge in [-0.1, -0.05) is 12.1 Å². The zero-order valence-electron chi connectivity index (χ0n) is 15.9. The van der Waals surface area contributed by atoms with Crippen molar-refractivity contribution < 1.29 is 14.4 Å². The van der Waals surface area contributed by atoms with Gasteiger partial charge in [-0.15, -0.1) is 0 Å². The molecule has 1 heterocycles. The average molecular weight is 379 g/mol. The van der Waals surface area contributed by atoms with Gasteiger partial charge in [0.25, 0.3) is 5.91 Å². The van der Waals surface area contributed by atoms with E-state index in [1.54, 1.807) is 18.2 Å². The zero-order valence-corrected chi connectivity index (χ0v) is 15.9. The first-order chi connectivity index (χ1) is 13.4. The van der Waals surface area contributed by atoms with Gasteiger partial charge in [0.15, 0.2) is 0 Å². The standard InChI is InChI=1S/C20H21N5O3/c1-4-25-18-8-6-5-7-17(18)23-20(25)24-19(28)14-9-15(21-12(2)26)11-16(10-14)22-13(3)27/h5-11H,4H2,1-3H3,(H,21,26)(H,22,27)(H,23,24,28). The van der Waals surface area contributed by atoms with E-state index in [2.05, 4.69) is 20.9 Å². The van der Waals surface area contributed by atoms with Gasteiger partial charge in [-0.25, -0.2) is 4.98 Å². The van der Waals surface area contributed by atoms with Crippen molar-refractivity contribution in [2.45, 2.75) is 27.3 Å². The third-order valence-corrected chi connectivity index (χ3v) is 4.03. The molecule has 0 spiro atoms. The van der Waals surface area contributed by atoms with E-state index in [1.807, 2.05) is 35.8 Å².